The fraction of sp³-hybridized carbons (Fsp3) is 0.111. The smallest absolute Gasteiger partial charge is 0.233 e. The Balaban J connectivity index is 2.56. The molecule has 0 bridgehead atoms. The molecule has 4 nitrogen and oxygen atoms in total. The van der Waals surface area contributed by atoms with Crippen LogP contribution >= 0.6 is 11.6 Å². The van der Waals surface area contributed by atoms with Gasteiger partial charge in [-0.25, -0.2) is 0 Å². The molecule has 2 amide bonds. The van der Waals surface area contributed by atoms with Crippen molar-refractivity contribution in [1.82, 2.24) is 0 Å². The van der Waals surface area contributed by atoms with Crippen LogP contribution in [0.2, 0.25) is 5.02 Å². The van der Waals surface area contributed by atoms with E-state index in [1.165, 1.54) is 0 Å². The van der Waals surface area contributed by atoms with Gasteiger partial charge in [-0.05, 0) is 24.3 Å². The second kappa shape index (κ2) is 4.62. The number of rotatable bonds is 3. The van der Waals surface area contributed by atoms with Gasteiger partial charge in [-0.3, -0.25) is 9.59 Å². The predicted octanol–water partition coefficient (Wildman–Crippen LogP) is 1.15. The molecule has 14 heavy (non-hydrogen) atoms. The summed E-state index contributed by atoms with van der Waals surface area (Å²) < 4.78 is 0. The molecule has 0 aliphatic carbocycles. The number of carbonyl (C=O) groups excluding carboxylic acids is 2. The SMILES string of the molecule is NC(=O)CC(=O)Nc1ccc(Cl)cc1. The minimum Gasteiger partial charge on any atom is -0.369 e. The lowest BCUT2D eigenvalue weighted by Gasteiger charge is -2.02. The monoisotopic (exact) mass is 212 g/mol. The Bertz CT molecular complexity index is 348. The van der Waals surface area contributed by atoms with Gasteiger partial charge in [-0.2, -0.15) is 0 Å². The summed E-state index contributed by atoms with van der Waals surface area (Å²) in [5.74, 6) is -1.09. The summed E-state index contributed by atoms with van der Waals surface area (Å²) in [6, 6.07) is 6.56. The molecule has 1 aromatic carbocycles. The summed E-state index contributed by atoms with van der Waals surface area (Å²) in [7, 11) is 0. The second-order valence-corrected chi connectivity index (χ2v) is 3.13. The van der Waals surface area contributed by atoms with E-state index in [0.717, 1.165) is 0 Å². The zero-order valence-corrected chi connectivity index (χ0v) is 8.04. The molecule has 3 N–H and O–H groups in total. The first kappa shape index (κ1) is 10.5. The van der Waals surface area contributed by atoms with Crippen molar-refractivity contribution in [2.75, 3.05) is 5.32 Å². The van der Waals surface area contributed by atoms with Crippen molar-refractivity contribution in [3.63, 3.8) is 0 Å². The van der Waals surface area contributed by atoms with Gasteiger partial charge in [0, 0.05) is 10.7 Å². The zero-order chi connectivity index (χ0) is 10.6. The molecule has 0 saturated carbocycles. The van der Waals surface area contributed by atoms with E-state index in [9.17, 15) is 9.59 Å². The molecule has 0 heterocycles. The molecule has 0 spiro atoms. The summed E-state index contributed by atoms with van der Waals surface area (Å²) in [6.45, 7) is 0. The quantitative estimate of drug-likeness (QED) is 0.738. The first-order valence-electron chi connectivity index (χ1n) is 3.91. The Kier molecular flexibility index (Phi) is 3.48. The zero-order valence-electron chi connectivity index (χ0n) is 7.29. The maximum Gasteiger partial charge on any atom is 0.233 e. The van der Waals surface area contributed by atoms with Crippen LogP contribution in [0.5, 0.6) is 0 Å². The summed E-state index contributed by atoms with van der Waals surface area (Å²) in [5, 5.41) is 3.08. The van der Waals surface area contributed by atoms with Gasteiger partial charge >= 0.3 is 0 Å². The molecule has 0 aliphatic heterocycles. The van der Waals surface area contributed by atoms with Gasteiger partial charge < -0.3 is 11.1 Å². The third kappa shape index (κ3) is 3.45. The van der Waals surface area contributed by atoms with Crippen molar-refractivity contribution in [2.45, 2.75) is 6.42 Å². The molecule has 1 rings (SSSR count). The normalized spacial score (nSPS) is 9.50. The molecule has 0 radical (unpaired) electrons. The molecule has 0 unspecified atom stereocenters. The lowest BCUT2D eigenvalue weighted by atomic mass is 10.3. The van der Waals surface area contributed by atoms with E-state index < -0.39 is 11.8 Å². The number of nitrogens with two attached hydrogens (primary N) is 1. The highest BCUT2D eigenvalue weighted by molar-refractivity contribution is 6.30. The topological polar surface area (TPSA) is 72.2 Å². The molecule has 0 aliphatic rings. The van der Waals surface area contributed by atoms with Crippen molar-refractivity contribution in [3.05, 3.63) is 29.3 Å². The highest BCUT2D eigenvalue weighted by Crippen LogP contribution is 2.13. The lowest BCUT2D eigenvalue weighted by molar-refractivity contribution is -0.124. The van der Waals surface area contributed by atoms with Gasteiger partial charge in [0.2, 0.25) is 11.8 Å². The molecule has 0 fully saturated rings. The third-order valence-electron chi connectivity index (χ3n) is 1.46. The number of amides is 2. The minimum atomic E-state index is -0.656. The number of anilines is 1. The number of carbonyl (C=O) groups is 2. The number of benzene rings is 1. The largest absolute Gasteiger partial charge is 0.369 e. The predicted molar refractivity (Wildman–Crippen MR) is 53.9 cm³/mol. The van der Waals surface area contributed by atoms with E-state index in [1.807, 2.05) is 0 Å². The summed E-state index contributed by atoms with van der Waals surface area (Å²) >= 11 is 5.65. The van der Waals surface area contributed by atoms with Gasteiger partial charge in [0.1, 0.15) is 6.42 Å². The number of halogens is 1. The standard InChI is InChI=1S/C9H9ClN2O2/c10-6-1-3-7(4-2-6)12-9(14)5-8(11)13/h1-4H,5H2,(H2,11,13)(H,12,14). The fourth-order valence-corrected chi connectivity index (χ4v) is 1.02. The fourth-order valence-electron chi connectivity index (χ4n) is 0.897. The summed E-state index contributed by atoms with van der Waals surface area (Å²) in [4.78, 5) is 21.5. The van der Waals surface area contributed by atoms with Gasteiger partial charge in [0.25, 0.3) is 0 Å². The van der Waals surface area contributed by atoms with Crippen LogP contribution in [0.25, 0.3) is 0 Å². The Hall–Kier alpha value is -1.55. The van der Waals surface area contributed by atoms with Gasteiger partial charge in [-0.1, -0.05) is 11.6 Å². The van der Waals surface area contributed by atoms with E-state index in [1.54, 1.807) is 24.3 Å². The van der Waals surface area contributed by atoms with E-state index in [4.69, 9.17) is 17.3 Å². The van der Waals surface area contributed by atoms with Crippen LogP contribution in [0.15, 0.2) is 24.3 Å². The van der Waals surface area contributed by atoms with E-state index in [-0.39, 0.29) is 6.42 Å². The van der Waals surface area contributed by atoms with Crippen LogP contribution in [0.4, 0.5) is 5.69 Å². The summed E-state index contributed by atoms with van der Waals surface area (Å²) in [5.41, 5.74) is 5.43. The highest BCUT2D eigenvalue weighted by atomic mass is 35.5. The molecule has 0 aromatic heterocycles. The lowest BCUT2D eigenvalue weighted by Crippen LogP contribution is -2.21. The van der Waals surface area contributed by atoms with Crippen molar-refractivity contribution in [3.8, 4) is 0 Å². The molecule has 5 heteroatoms. The van der Waals surface area contributed by atoms with Crippen LogP contribution in [0.1, 0.15) is 6.42 Å². The van der Waals surface area contributed by atoms with Gasteiger partial charge in [0.05, 0.1) is 0 Å². The number of hydrogen-bond acceptors (Lipinski definition) is 2. The Morgan fingerprint density at radius 3 is 2.36 bits per heavy atom. The van der Waals surface area contributed by atoms with Crippen molar-refractivity contribution in [2.24, 2.45) is 5.73 Å². The van der Waals surface area contributed by atoms with Crippen molar-refractivity contribution >= 4 is 29.1 Å². The maximum atomic E-state index is 11.1. The van der Waals surface area contributed by atoms with Crippen molar-refractivity contribution < 1.29 is 9.59 Å². The maximum absolute atomic E-state index is 11.1. The molecular formula is C9H9ClN2O2. The second-order valence-electron chi connectivity index (χ2n) is 2.70. The van der Waals surface area contributed by atoms with E-state index in [2.05, 4.69) is 5.32 Å². The van der Waals surface area contributed by atoms with Crippen LogP contribution in [-0.2, 0) is 9.59 Å². The first-order chi connectivity index (χ1) is 6.58. The Morgan fingerprint density at radius 1 is 1.29 bits per heavy atom. The average molecular weight is 213 g/mol. The number of primary amides is 1. The van der Waals surface area contributed by atoms with Crippen molar-refractivity contribution in [1.29, 1.82) is 0 Å². The third-order valence-corrected chi connectivity index (χ3v) is 1.71. The molecule has 0 saturated heterocycles. The van der Waals surface area contributed by atoms with Gasteiger partial charge in [-0.15, -0.1) is 0 Å². The minimum absolute atomic E-state index is 0.317. The van der Waals surface area contributed by atoms with Crippen LogP contribution in [-0.4, -0.2) is 11.8 Å². The molecule has 74 valence electrons. The van der Waals surface area contributed by atoms with E-state index in [0.29, 0.717) is 10.7 Å². The molecular weight excluding hydrogens is 204 g/mol. The Morgan fingerprint density at radius 2 is 1.86 bits per heavy atom. The molecule has 1 aromatic rings. The van der Waals surface area contributed by atoms with Crippen LogP contribution < -0.4 is 11.1 Å². The summed E-state index contributed by atoms with van der Waals surface area (Å²) in [6.07, 6.45) is -0.317. The molecule has 0 atom stereocenters. The Labute approximate surface area is 86.0 Å². The van der Waals surface area contributed by atoms with Crippen LogP contribution in [0.3, 0.4) is 0 Å². The highest BCUT2D eigenvalue weighted by Gasteiger charge is 2.05. The van der Waals surface area contributed by atoms with E-state index >= 15 is 0 Å². The van der Waals surface area contributed by atoms with Gasteiger partial charge in [0.15, 0.2) is 0 Å². The van der Waals surface area contributed by atoms with Crippen LogP contribution in [0, 0.1) is 0 Å². The number of nitrogens with one attached hydrogen (secondary N) is 1. The number of hydrogen-bond donors (Lipinski definition) is 2. The average Bonchev–Trinajstić information content (AvgIpc) is 2.07. The first-order valence-corrected chi connectivity index (χ1v) is 4.29.